The van der Waals surface area contributed by atoms with Crippen molar-refractivity contribution in [3.05, 3.63) is 33.2 Å². The van der Waals surface area contributed by atoms with Crippen molar-refractivity contribution in [2.24, 2.45) is 5.16 Å². The number of nitriles is 1. The van der Waals surface area contributed by atoms with Crippen molar-refractivity contribution in [3.63, 3.8) is 0 Å². The molecule has 84 valence electrons. The number of hydrogen-bond acceptors (Lipinski definition) is 4. The van der Waals surface area contributed by atoms with Gasteiger partial charge in [-0.25, -0.2) is 0 Å². The molecule has 1 aromatic rings. The molecule has 1 rings (SSSR count). The van der Waals surface area contributed by atoms with E-state index in [1.807, 2.05) is 13.0 Å². The second-order valence-corrected chi connectivity index (χ2v) is 3.24. The van der Waals surface area contributed by atoms with Gasteiger partial charge in [0.05, 0.1) is 5.71 Å². The molecular formula is C11H13N3O2. The van der Waals surface area contributed by atoms with E-state index in [0.717, 1.165) is 5.69 Å². The van der Waals surface area contributed by atoms with Crippen LogP contribution in [-0.2, 0) is 11.3 Å². The zero-order valence-corrected chi connectivity index (χ0v) is 9.50. The largest absolute Gasteiger partial charge is 0.399 e. The van der Waals surface area contributed by atoms with Gasteiger partial charge in [0, 0.05) is 11.3 Å². The van der Waals surface area contributed by atoms with Crippen LogP contribution in [0.15, 0.2) is 16.0 Å². The van der Waals surface area contributed by atoms with Crippen molar-refractivity contribution < 1.29 is 4.84 Å². The predicted octanol–water partition coefficient (Wildman–Crippen LogP) is 1.18. The lowest BCUT2D eigenvalue weighted by Gasteiger charge is -2.04. The summed E-state index contributed by atoms with van der Waals surface area (Å²) in [5.74, 6) is 0. The second-order valence-electron chi connectivity index (χ2n) is 3.24. The Bertz CT molecular complexity index is 509. The first-order valence-corrected chi connectivity index (χ1v) is 4.88. The molecule has 0 fully saturated rings. The number of rotatable bonds is 3. The molecule has 16 heavy (non-hydrogen) atoms. The summed E-state index contributed by atoms with van der Waals surface area (Å²) >= 11 is 0. The van der Waals surface area contributed by atoms with Gasteiger partial charge in [0.15, 0.2) is 0 Å². The molecule has 1 aromatic heterocycles. The normalized spacial score (nSPS) is 11.0. The highest BCUT2D eigenvalue weighted by molar-refractivity contribution is 6.00. The number of pyridine rings is 1. The highest BCUT2D eigenvalue weighted by Crippen LogP contribution is 2.07. The standard InChI is InChI=1S/C11H13N3O2/c1-4-8-5-9(7(2)14-16-3)10(6-12)11(15)13-8/h5H,4H2,1-3H3,(H,13,15). The fraction of sp³-hybridized carbons (Fsp3) is 0.364. The average molecular weight is 219 g/mol. The van der Waals surface area contributed by atoms with E-state index in [0.29, 0.717) is 17.7 Å². The molecule has 1 N–H and O–H groups in total. The molecule has 0 saturated heterocycles. The van der Waals surface area contributed by atoms with E-state index in [-0.39, 0.29) is 11.1 Å². The van der Waals surface area contributed by atoms with Crippen LogP contribution in [0.3, 0.4) is 0 Å². The third-order valence-corrected chi connectivity index (χ3v) is 2.20. The van der Waals surface area contributed by atoms with E-state index in [2.05, 4.69) is 15.0 Å². The topological polar surface area (TPSA) is 78.2 Å². The summed E-state index contributed by atoms with van der Waals surface area (Å²) in [4.78, 5) is 18.9. The number of nitrogens with zero attached hydrogens (tertiary/aromatic N) is 2. The van der Waals surface area contributed by atoms with Crippen molar-refractivity contribution >= 4 is 5.71 Å². The van der Waals surface area contributed by atoms with Crippen LogP contribution in [0.25, 0.3) is 0 Å². The van der Waals surface area contributed by atoms with Crippen molar-refractivity contribution in [3.8, 4) is 6.07 Å². The maximum absolute atomic E-state index is 11.6. The number of H-pyrrole nitrogens is 1. The first-order chi connectivity index (χ1) is 7.63. The first-order valence-electron chi connectivity index (χ1n) is 4.88. The number of oxime groups is 1. The maximum atomic E-state index is 11.6. The Labute approximate surface area is 93.4 Å². The van der Waals surface area contributed by atoms with Gasteiger partial charge in [0.25, 0.3) is 5.56 Å². The molecule has 0 saturated carbocycles. The third kappa shape index (κ3) is 2.28. The zero-order valence-electron chi connectivity index (χ0n) is 9.50. The molecule has 0 amide bonds. The Morgan fingerprint density at radius 2 is 2.38 bits per heavy atom. The fourth-order valence-electron chi connectivity index (χ4n) is 1.39. The van der Waals surface area contributed by atoms with Crippen LogP contribution in [0.4, 0.5) is 0 Å². The van der Waals surface area contributed by atoms with Crippen LogP contribution in [0.5, 0.6) is 0 Å². The van der Waals surface area contributed by atoms with Crippen LogP contribution in [0.2, 0.25) is 0 Å². The van der Waals surface area contributed by atoms with Gasteiger partial charge < -0.3 is 9.82 Å². The van der Waals surface area contributed by atoms with Gasteiger partial charge in [-0.2, -0.15) is 5.26 Å². The summed E-state index contributed by atoms with van der Waals surface area (Å²) in [6.07, 6.45) is 0.689. The molecule has 0 spiro atoms. The Hall–Kier alpha value is -2.09. The minimum absolute atomic E-state index is 0.0653. The number of aromatic amines is 1. The maximum Gasteiger partial charge on any atom is 0.266 e. The Kier molecular flexibility index (Phi) is 3.84. The fourth-order valence-corrected chi connectivity index (χ4v) is 1.39. The van der Waals surface area contributed by atoms with E-state index in [1.165, 1.54) is 7.11 Å². The minimum Gasteiger partial charge on any atom is -0.399 e. The Morgan fingerprint density at radius 3 is 2.88 bits per heavy atom. The van der Waals surface area contributed by atoms with Gasteiger partial charge in [0.2, 0.25) is 0 Å². The smallest absolute Gasteiger partial charge is 0.266 e. The van der Waals surface area contributed by atoms with Gasteiger partial charge in [-0.15, -0.1) is 0 Å². The monoisotopic (exact) mass is 219 g/mol. The molecule has 0 aliphatic carbocycles. The summed E-state index contributed by atoms with van der Waals surface area (Å²) in [6.45, 7) is 3.61. The van der Waals surface area contributed by atoms with Crippen LogP contribution in [0.1, 0.15) is 30.7 Å². The number of nitrogens with one attached hydrogen (secondary N) is 1. The lowest BCUT2D eigenvalue weighted by atomic mass is 10.1. The second kappa shape index (κ2) is 5.12. The molecule has 0 atom stereocenters. The Morgan fingerprint density at radius 1 is 1.69 bits per heavy atom. The van der Waals surface area contributed by atoms with E-state index in [1.54, 1.807) is 13.0 Å². The van der Waals surface area contributed by atoms with Gasteiger partial charge in [-0.3, -0.25) is 4.79 Å². The third-order valence-electron chi connectivity index (χ3n) is 2.20. The molecule has 0 aliphatic heterocycles. The SMILES string of the molecule is CCc1cc(C(C)=NOC)c(C#N)c(=O)[nH]1. The van der Waals surface area contributed by atoms with E-state index in [9.17, 15) is 4.79 Å². The van der Waals surface area contributed by atoms with Gasteiger partial charge in [-0.1, -0.05) is 12.1 Å². The van der Waals surface area contributed by atoms with Crippen molar-refractivity contribution in [1.29, 1.82) is 5.26 Å². The van der Waals surface area contributed by atoms with Crippen LogP contribution in [-0.4, -0.2) is 17.8 Å². The molecule has 0 bridgehead atoms. The number of hydrogen-bond donors (Lipinski definition) is 1. The van der Waals surface area contributed by atoms with Crippen molar-refractivity contribution in [1.82, 2.24) is 4.98 Å². The minimum atomic E-state index is -0.387. The molecule has 1 heterocycles. The molecular weight excluding hydrogens is 206 g/mol. The summed E-state index contributed by atoms with van der Waals surface area (Å²) in [5.41, 5.74) is 1.48. The van der Waals surface area contributed by atoms with Gasteiger partial charge in [0.1, 0.15) is 18.7 Å². The lowest BCUT2D eigenvalue weighted by molar-refractivity contribution is 0.213. The zero-order chi connectivity index (χ0) is 12.1. The quantitative estimate of drug-likeness (QED) is 0.612. The summed E-state index contributed by atoms with van der Waals surface area (Å²) < 4.78 is 0. The summed E-state index contributed by atoms with van der Waals surface area (Å²) in [7, 11) is 1.42. The molecule has 5 nitrogen and oxygen atoms in total. The Balaban J connectivity index is 3.47. The highest BCUT2D eigenvalue weighted by atomic mass is 16.6. The van der Waals surface area contributed by atoms with Crippen molar-refractivity contribution in [2.45, 2.75) is 20.3 Å². The molecule has 0 radical (unpaired) electrons. The van der Waals surface area contributed by atoms with E-state index in [4.69, 9.17) is 5.26 Å². The first kappa shape index (κ1) is 12.0. The lowest BCUT2D eigenvalue weighted by Crippen LogP contribution is -2.17. The van der Waals surface area contributed by atoms with E-state index >= 15 is 0 Å². The van der Waals surface area contributed by atoms with Crippen LogP contribution in [0, 0.1) is 11.3 Å². The van der Waals surface area contributed by atoms with Crippen LogP contribution < -0.4 is 5.56 Å². The molecule has 0 aliphatic rings. The van der Waals surface area contributed by atoms with Crippen molar-refractivity contribution in [2.75, 3.05) is 7.11 Å². The van der Waals surface area contributed by atoms with Crippen LogP contribution >= 0.6 is 0 Å². The summed E-state index contributed by atoms with van der Waals surface area (Å²) in [6, 6.07) is 3.62. The molecule has 5 heteroatoms. The van der Waals surface area contributed by atoms with Gasteiger partial charge in [-0.05, 0) is 19.4 Å². The highest BCUT2D eigenvalue weighted by Gasteiger charge is 2.11. The summed E-state index contributed by atoms with van der Waals surface area (Å²) in [5, 5.41) is 12.6. The molecule has 0 aromatic carbocycles. The van der Waals surface area contributed by atoms with Gasteiger partial charge >= 0.3 is 0 Å². The predicted molar refractivity (Wildman–Crippen MR) is 60.4 cm³/mol. The van der Waals surface area contributed by atoms with E-state index < -0.39 is 0 Å². The number of aromatic nitrogens is 1. The molecule has 0 unspecified atom stereocenters. The number of aryl methyl sites for hydroxylation is 1. The average Bonchev–Trinajstić information content (AvgIpc) is 2.28.